The van der Waals surface area contributed by atoms with Gasteiger partial charge in [0, 0.05) is 6.04 Å². The van der Waals surface area contributed by atoms with E-state index < -0.39 is 0 Å². The van der Waals surface area contributed by atoms with Crippen LogP contribution >= 0.6 is 11.6 Å². The summed E-state index contributed by atoms with van der Waals surface area (Å²) < 4.78 is 5.59. The zero-order valence-corrected chi connectivity index (χ0v) is 11.8. The van der Waals surface area contributed by atoms with E-state index in [4.69, 9.17) is 27.3 Å². The smallest absolute Gasteiger partial charge is 0.137 e. The highest BCUT2D eigenvalue weighted by molar-refractivity contribution is 6.32. The molecule has 0 heterocycles. The Bertz CT molecular complexity index is 450. The van der Waals surface area contributed by atoms with Crippen LogP contribution in [0.25, 0.3) is 0 Å². The Kier molecular flexibility index (Phi) is 5.01. The summed E-state index contributed by atoms with van der Waals surface area (Å²) in [4.78, 5) is 0. The van der Waals surface area contributed by atoms with Gasteiger partial charge in [-0.25, -0.2) is 0 Å². The van der Waals surface area contributed by atoms with E-state index in [0.29, 0.717) is 23.8 Å². The highest BCUT2D eigenvalue weighted by atomic mass is 35.5. The van der Waals surface area contributed by atoms with Gasteiger partial charge >= 0.3 is 0 Å². The zero-order valence-electron chi connectivity index (χ0n) is 11.0. The number of hydrogen-bond donors (Lipinski definition) is 1. The van der Waals surface area contributed by atoms with Crippen molar-refractivity contribution in [3.05, 3.63) is 28.8 Å². The monoisotopic (exact) mass is 266 g/mol. The van der Waals surface area contributed by atoms with E-state index in [1.165, 1.54) is 0 Å². The molecule has 0 unspecified atom stereocenters. The molecule has 0 radical (unpaired) electrons. The molecule has 98 valence electrons. The number of nitrogens with zero attached hydrogens (tertiary/aromatic N) is 1. The third kappa shape index (κ3) is 4.21. The first kappa shape index (κ1) is 14.8. The van der Waals surface area contributed by atoms with Gasteiger partial charge in [0.1, 0.15) is 5.75 Å². The van der Waals surface area contributed by atoms with E-state index in [2.05, 4.69) is 6.07 Å². The standard InChI is InChI=1S/C14H19ClN2O/c1-10(17)11-4-5-13(12(15)8-11)18-7-6-14(2,3)9-16/h4-5,8,10H,6-7,17H2,1-3H3/t10-/m1/s1. The lowest BCUT2D eigenvalue weighted by atomic mass is 9.92. The third-order valence-corrected chi connectivity index (χ3v) is 3.06. The predicted molar refractivity (Wildman–Crippen MR) is 73.6 cm³/mol. The number of halogens is 1. The topological polar surface area (TPSA) is 59.0 Å². The number of nitrogens with two attached hydrogens (primary N) is 1. The molecule has 0 fully saturated rings. The molecule has 1 rings (SSSR count). The predicted octanol–water partition coefficient (Wildman–Crippen LogP) is 3.68. The Balaban J connectivity index is 2.62. The summed E-state index contributed by atoms with van der Waals surface area (Å²) in [7, 11) is 0. The molecular formula is C14H19ClN2O. The molecule has 0 bridgehead atoms. The zero-order chi connectivity index (χ0) is 13.8. The van der Waals surface area contributed by atoms with Gasteiger partial charge < -0.3 is 10.5 Å². The first-order chi connectivity index (χ1) is 8.35. The fourth-order valence-electron chi connectivity index (χ4n) is 1.39. The third-order valence-electron chi connectivity index (χ3n) is 2.77. The van der Waals surface area contributed by atoms with Crippen molar-refractivity contribution in [3.8, 4) is 11.8 Å². The van der Waals surface area contributed by atoms with Crippen molar-refractivity contribution in [2.24, 2.45) is 11.1 Å². The molecule has 3 nitrogen and oxygen atoms in total. The molecule has 0 amide bonds. The summed E-state index contributed by atoms with van der Waals surface area (Å²) in [6, 6.07) is 7.73. The largest absolute Gasteiger partial charge is 0.492 e. The fraction of sp³-hybridized carbons (Fsp3) is 0.500. The van der Waals surface area contributed by atoms with Crippen molar-refractivity contribution in [1.29, 1.82) is 5.26 Å². The van der Waals surface area contributed by atoms with E-state index in [0.717, 1.165) is 5.56 Å². The maximum atomic E-state index is 8.90. The van der Waals surface area contributed by atoms with Crippen molar-refractivity contribution in [2.75, 3.05) is 6.61 Å². The van der Waals surface area contributed by atoms with Gasteiger partial charge in [-0.15, -0.1) is 0 Å². The van der Waals surface area contributed by atoms with E-state index in [-0.39, 0.29) is 11.5 Å². The Morgan fingerprint density at radius 3 is 2.67 bits per heavy atom. The van der Waals surface area contributed by atoms with Crippen LogP contribution in [-0.4, -0.2) is 6.61 Å². The van der Waals surface area contributed by atoms with Gasteiger partial charge in [0.25, 0.3) is 0 Å². The van der Waals surface area contributed by atoms with Gasteiger partial charge in [0.05, 0.1) is 23.1 Å². The summed E-state index contributed by atoms with van der Waals surface area (Å²) in [5, 5.41) is 9.45. The molecule has 1 aromatic carbocycles. The van der Waals surface area contributed by atoms with Crippen LogP contribution in [0.4, 0.5) is 0 Å². The molecule has 0 saturated heterocycles. The summed E-state index contributed by atoms with van der Waals surface area (Å²) in [6.45, 7) is 6.15. The van der Waals surface area contributed by atoms with Crippen LogP contribution in [0.3, 0.4) is 0 Å². The highest BCUT2D eigenvalue weighted by Gasteiger charge is 2.16. The Morgan fingerprint density at radius 2 is 2.17 bits per heavy atom. The lowest BCUT2D eigenvalue weighted by Gasteiger charge is -2.16. The first-order valence-corrected chi connectivity index (χ1v) is 6.32. The van der Waals surface area contributed by atoms with Crippen LogP contribution in [0.5, 0.6) is 5.75 Å². The first-order valence-electron chi connectivity index (χ1n) is 5.95. The normalized spacial score (nSPS) is 12.9. The van der Waals surface area contributed by atoms with Gasteiger partial charge in [0.15, 0.2) is 0 Å². The summed E-state index contributed by atoms with van der Waals surface area (Å²) in [5.74, 6) is 0.634. The minimum absolute atomic E-state index is 0.0472. The molecule has 0 spiro atoms. The number of benzene rings is 1. The maximum absolute atomic E-state index is 8.90. The van der Waals surface area contributed by atoms with Crippen molar-refractivity contribution >= 4 is 11.6 Å². The average Bonchev–Trinajstić information content (AvgIpc) is 2.31. The number of ether oxygens (including phenoxy) is 1. The number of nitriles is 1. The van der Waals surface area contributed by atoms with E-state index in [1.807, 2.05) is 39.0 Å². The molecule has 18 heavy (non-hydrogen) atoms. The molecule has 2 N–H and O–H groups in total. The summed E-state index contributed by atoms with van der Waals surface area (Å²) in [6.07, 6.45) is 0.662. The lowest BCUT2D eigenvalue weighted by molar-refractivity contribution is 0.264. The molecule has 0 aliphatic carbocycles. The second kappa shape index (κ2) is 6.08. The second-order valence-corrected chi connectivity index (χ2v) is 5.48. The highest BCUT2D eigenvalue weighted by Crippen LogP contribution is 2.28. The molecule has 0 aliphatic heterocycles. The van der Waals surface area contributed by atoms with Crippen LogP contribution in [0.1, 0.15) is 38.8 Å². The van der Waals surface area contributed by atoms with Crippen molar-refractivity contribution < 1.29 is 4.74 Å². The minimum Gasteiger partial charge on any atom is -0.492 e. The Morgan fingerprint density at radius 1 is 1.50 bits per heavy atom. The molecule has 0 aromatic heterocycles. The average molecular weight is 267 g/mol. The van der Waals surface area contributed by atoms with Crippen LogP contribution in [0.2, 0.25) is 5.02 Å². The number of rotatable bonds is 5. The molecule has 0 aliphatic rings. The van der Waals surface area contributed by atoms with Crippen molar-refractivity contribution in [1.82, 2.24) is 0 Å². The SMILES string of the molecule is C[C@@H](N)c1ccc(OCCC(C)(C)C#N)c(Cl)c1. The second-order valence-electron chi connectivity index (χ2n) is 5.07. The van der Waals surface area contributed by atoms with E-state index >= 15 is 0 Å². The van der Waals surface area contributed by atoms with Crippen LogP contribution < -0.4 is 10.5 Å². The van der Waals surface area contributed by atoms with Crippen LogP contribution in [-0.2, 0) is 0 Å². The van der Waals surface area contributed by atoms with E-state index in [9.17, 15) is 0 Å². The molecular weight excluding hydrogens is 248 g/mol. The van der Waals surface area contributed by atoms with Crippen molar-refractivity contribution in [2.45, 2.75) is 33.2 Å². The molecule has 1 atom stereocenters. The van der Waals surface area contributed by atoms with Gasteiger partial charge in [0.2, 0.25) is 0 Å². The Labute approximate surface area is 114 Å². The fourth-order valence-corrected chi connectivity index (χ4v) is 1.63. The maximum Gasteiger partial charge on any atom is 0.137 e. The summed E-state index contributed by atoms with van der Waals surface area (Å²) >= 11 is 6.11. The molecule has 0 saturated carbocycles. The summed E-state index contributed by atoms with van der Waals surface area (Å²) in [5.41, 5.74) is 6.37. The Hall–Kier alpha value is -1.24. The van der Waals surface area contributed by atoms with Gasteiger partial charge in [-0.05, 0) is 44.9 Å². The van der Waals surface area contributed by atoms with Gasteiger partial charge in [-0.2, -0.15) is 5.26 Å². The van der Waals surface area contributed by atoms with Crippen LogP contribution in [0.15, 0.2) is 18.2 Å². The quantitative estimate of drug-likeness (QED) is 0.884. The van der Waals surface area contributed by atoms with Gasteiger partial charge in [-0.3, -0.25) is 0 Å². The minimum atomic E-state index is -0.377. The van der Waals surface area contributed by atoms with Crippen molar-refractivity contribution in [3.63, 3.8) is 0 Å². The molecule has 4 heteroatoms. The van der Waals surface area contributed by atoms with Gasteiger partial charge in [-0.1, -0.05) is 17.7 Å². The lowest BCUT2D eigenvalue weighted by Crippen LogP contribution is -2.13. The molecule has 1 aromatic rings. The number of hydrogen-bond acceptors (Lipinski definition) is 3. The van der Waals surface area contributed by atoms with Crippen LogP contribution in [0, 0.1) is 16.7 Å². The van der Waals surface area contributed by atoms with E-state index in [1.54, 1.807) is 0 Å².